The maximum Gasteiger partial charge on any atom is 0.453 e. The summed E-state index contributed by atoms with van der Waals surface area (Å²) in [5.41, 5.74) is 0.448. The van der Waals surface area contributed by atoms with Gasteiger partial charge in [-0.2, -0.15) is 17.9 Å². The summed E-state index contributed by atoms with van der Waals surface area (Å²) in [5, 5.41) is 9.61. The summed E-state index contributed by atoms with van der Waals surface area (Å²) in [6.07, 6.45) is -4.65. The van der Waals surface area contributed by atoms with Crippen LogP contribution in [0.1, 0.15) is 11.5 Å². The predicted molar refractivity (Wildman–Crippen MR) is 61.1 cm³/mol. The number of pyridine rings is 1. The predicted octanol–water partition coefficient (Wildman–Crippen LogP) is 1.98. The molecule has 0 unspecified atom stereocenters. The van der Waals surface area contributed by atoms with Crippen LogP contribution in [0.15, 0.2) is 12.1 Å². The van der Waals surface area contributed by atoms with Crippen LogP contribution in [0.3, 0.4) is 0 Å². The number of aromatic nitrogens is 5. The molecule has 0 aliphatic carbocycles. The summed E-state index contributed by atoms with van der Waals surface area (Å²) in [5.74, 6) is -0.805. The summed E-state index contributed by atoms with van der Waals surface area (Å²) in [6.45, 7) is 0. The fourth-order valence-corrected chi connectivity index (χ4v) is 1.80. The van der Waals surface area contributed by atoms with Crippen LogP contribution in [0.2, 0.25) is 0 Å². The van der Waals surface area contributed by atoms with Crippen molar-refractivity contribution in [3.63, 3.8) is 0 Å². The molecule has 19 heavy (non-hydrogen) atoms. The maximum absolute atomic E-state index is 12.7. The quantitative estimate of drug-likeness (QED) is 0.801. The molecule has 0 N–H and O–H groups in total. The van der Waals surface area contributed by atoms with Gasteiger partial charge in [0.2, 0.25) is 0 Å². The number of alkyl halides is 4. The highest BCUT2D eigenvalue weighted by atomic mass is 79.9. The number of ether oxygens (including phenoxy) is 1. The van der Waals surface area contributed by atoms with Gasteiger partial charge in [0, 0.05) is 5.33 Å². The Morgan fingerprint density at radius 2 is 2.11 bits per heavy atom. The Labute approximate surface area is 113 Å². The lowest BCUT2D eigenvalue weighted by Gasteiger charge is -2.09. The normalized spacial score (nSPS) is 11.6. The van der Waals surface area contributed by atoms with Crippen molar-refractivity contribution in [2.24, 2.45) is 0 Å². The Kier molecular flexibility index (Phi) is 3.69. The van der Waals surface area contributed by atoms with Crippen LogP contribution >= 0.6 is 15.9 Å². The molecule has 0 radical (unpaired) electrons. The summed E-state index contributed by atoms with van der Waals surface area (Å²) < 4.78 is 43.6. The first kappa shape index (κ1) is 13.7. The Bertz CT molecular complexity index is 585. The number of halogens is 4. The zero-order chi connectivity index (χ0) is 14.0. The molecular weight excluding hydrogens is 331 g/mol. The minimum Gasteiger partial charge on any atom is -0.495 e. The fraction of sp³-hybridized carbons (Fsp3) is 0.333. The van der Waals surface area contributed by atoms with Crippen molar-refractivity contribution >= 4 is 15.9 Å². The molecule has 0 amide bonds. The van der Waals surface area contributed by atoms with Crippen molar-refractivity contribution < 1.29 is 17.9 Å². The van der Waals surface area contributed by atoms with Crippen molar-refractivity contribution in [3.8, 4) is 11.6 Å². The van der Waals surface area contributed by atoms with Gasteiger partial charge in [0.1, 0.15) is 5.75 Å². The first-order chi connectivity index (χ1) is 8.97. The van der Waals surface area contributed by atoms with Crippen LogP contribution in [0.4, 0.5) is 13.2 Å². The highest BCUT2D eigenvalue weighted by Gasteiger charge is 2.38. The molecule has 0 aromatic carbocycles. The van der Waals surface area contributed by atoms with Gasteiger partial charge in [-0.1, -0.05) is 15.9 Å². The van der Waals surface area contributed by atoms with Gasteiger partial charge in [-0.15, -0.1) is 5.10 Å². The van der Waals surface area contributed by atoms with E-state index in [1.807, 2.05) is 0 Å². The third kappa shape index (κ3) is 2.67. The van der Waals surface area contributed by atoms with Crippen molar-refractivity contribution in [1.82, 2.24) is 25.2 Å². The monoisotopic (exact) mass is 337 g/mol. The van der Waals surface area contributed by atoms with Gasteiger partial charge in [-0.25, -0.2) is 4.98 Å². The van der Waals surface area contributed by atoms with Crippen LogP contribution in [-0.2, 0) is 11.5 Å². The number of hydrogen-bond donors (Lipinski definition) is 0. The van der Waals surface area contributed by atoms with E-state index in [4.69, 9.17) is 4.74 Å². The van der Waals surface area contributed by atoms with Gasteiger partial charge >= 0.3 is 6.18 Å². The number of rotatable bonds is 3. The molecule has 0 aliphatic heterocycles. The van der Waals surface area contributed by atoms with Crippen LogP contribution in [-0.4, -0.2) is 32.3 Å². The number of methoxy groups -OCH3 is 1. The number of tetrazole rings is 1. The molecule has 0 saturated heterocycles. The molecule has 0 bridgehead atoms. The first-order valence-electron chi connectivity index (χ1n) is 4.93. The molecule has 0 atom stereocenters. The second kappa shape index (κ2) is 5.11. The van der Waals surface area contributed by atoms with Crippen LogP contribution in [0.5, 0.6) is 5.75 Å². The lowest BCUT2D eigenvalue weighted by molar-refractivity contribution is -0.146. The number of nitrogens with zero attached hydrogens (tertiary/aromatic N) is 5. The molecular formula is C9H7BrF3N5O. The second-order valence-corrected chi connectivity index (χ2v) is 3.92. The SMILES string of the molecule is COc1ccc(-n2nnnc2C(F)(F)F)nc1CBr. The Morgan fingerprint density at radius 3 is 2.68 bits per heavy atom. The van der Waals surface area contributed by atoms with Crippen molar-refractivity contribution in [3.05, 3.63) is 23.7 Å². The van der Waals surface area contributed by atoms with Gasteiger partial charge in [-0.05, 0) is 22.6 Å². The maximum atomic E-state index is 12.7. The van der Waals surface area contributed by atoms with Crippen LogP contribution in [0.25, 0.3) is 5.82 Å². The van der Waals surface area contributed by atoms with Gasteiger partial charge in [0.05, 0.1) is 12.8 Å². The number of hydrogen-bond acceptors (Lipinski definition) is 5. The van der Waals surface area contributed by atoms with E-state index in [1.165, 1.54) is 19.2 Å². The molecule has 10 heteroatoms. The third-order valence-electron chi connectivity index (χ3n) is 2.20. The summed E-state index contributed by atoms with van der Waals surface area (Å²) >= 11 is 3.18. The molecule has 0 aliphatic rings. The lowest BCUT2D eigenvalue weighted by atomic mass is 10.3. The minimum absolute atomic E-state index is 0.0347. The van der Waals surface area contributed by atoms with Crippen LogP contribution < -0.4 is 4.74 Å². The van der Waals surface area contributed by atoms with Crippen molar-refractivity contribution in [2.45, 2.75) is 11.5 Å². The van der Waals surface area contributed by atoms with Crippen molar-refractivity contribution in [2.75, 3.05) is 7.11 Å². The van der Waals surface area contributed by atoms with Gasteiger partial charge < -0.3 is 4.74 Å². The molecule has 0 fully saturated rings. The Balaban J connectivity index is 2.51. The topological polar surface area (TPSA) is 65.7 Å². The van der Waals surface area contributed by atoms with E-state index in [0.29, 0.717) is 21.5 Å². The molecule has 0 spiro atoms. The minimum atomic E-state index is -4.65. The van der Waals surface area contributed by atoms with Gasteiger partial charge in [0.25, 0.3) is 5.82 Å². The van der Waals surface area contributed by atoms with Crippen molar-refractivity contribution in [1.29, 1.82) is 0 Å². The van der Waals surface area contributed by atoms with Crippen LogP contribution in [0, 0.1) is 0 Å². The van der Waals surface area contributed by atoms with E-state index in [0.717, 1.165) is 0 Å². The smallest absolute Gasteiger partial charge is 0.453 e. The lowest BCUT2D eigenvalue weighted by Crippen LogP contribution is -2.16. The summed E-state index contributed by atoms with van der Waals surface area (Å²) in [4.78, 5) is 4.03. The Morgan fingerprint density at radius 1 is 1.37 bits per heavy atom. The molecule has 2 aromatic heterocycles. The highest BCUT2D eigenvalue weighted by molar-refractivity contribution is 9.08. The molecule has 2 aromatic rings. The average Bonchev–Trinajstić information content (AvgIpc) is 2.87. The largest absolute Gasteiger partial charge is 0.495 e. The first-order valence-corrected chi connectivity index (χ1v) is 6.05. The molecule has 2 rings (SSSR count). The molecule has 102 valence electrons. The Hall–Kier alpha value is -1.71. The zero-order valence-corrected chi connectivity index (χ0v) is 11.1. The van der Waals surface area contributed by atoms with E-state index in [-0.39, 0.29) is 5.82 Å². The summed E-state index contributed by atoms with van der Waals surface area (Å²) in [7, 11) is 1.45. The van der Waals surface area contributed by atoms with E-state index in [1.54, 1.807) is 0 Å². The van der Waals surface area contributed by atoms with E-state index < -0.39 is 12.0 Å². The van der Waals surface area contributed by atoms with E-state index in [2.05, 4.69) is 36.4 Å². The second-order valence-electron chi connectivity index (χ2n) is 3.36. The third-order valence-corrected chi connectivity index (χ3v) is 2.74. The zero-order valence-electron chi connectivity index (χ0n) is 9.52. The fourth-order valence-electron chi connectivity index (χ4n) is 1.39. The van der Waals surface area contributed by atoms with E-state index in [9.17, 15) is 13.2 Å². The average molecular weight is 338 g/mol. The summed E-state index contributed by atoms with van der Waals surface area (Å²) in [6, 6.07) is 2.84. The standard InChI is InChI=1S/C9H7BrF3N5O/c1-19-6-2-3-7(14-5(6)4-10)18-8(9(11,12)13)15-16-17-18/h2-3H,4H2,1H3. The van der Waals surface area contributed by atoms with E-state index >= 15 is 0 Å². The highest BCUT2D eigenvalue weighted by Crippen LogP contribution is 2.28. The van der Waals surface area contributed by atoms with Gasteiger partial charge in [-0.3, -0.25) is 0 Å². The molecule has 6 nitrogen and oxygen atoms in total. The molecule has 2 heterocycles. The molecule has 0 saturated carbocycles. The van der Waals surface area contributed by atoms with Gasteiger partial charge in [0.15, 0.2) is 5.82 Å².